The van der Waals surface area contributed by atoms with Crippen LogP contribution in [-0.4, -0.2) is 16.8 Å². The molecule has 0 radical (unpaired) electrons. The smallest absolute Gasteiger partial charge is 0.233 e. The van der Waals surface area contributed by atoms with E-state index < -0.39 is 0 Å². The second kappa shape index (κ2) is 7.53. The van der Waals surface area contributed by atoms with Gasteiger partial charge in [0.2, 0.25) is 5.91 Å². The van der Waals surface area contributed by atoms with E-state index in [0.29, 0.717) is 5.02 Å². The third kappa shape index (κ3) is 4.54. The third-order valence-electron chi connectivity index (χ3n) is 4.43. The first-order valence-electron chi connectivity index (χ1n) is 8.76. The molecule has 1 heterocycles. The van der Waals surface area contributed by atoms with Crippen molar-refractivity contribution in [2.75, 3.05) is 0 Å². The zero-order valence-corrected chi connectivity index (χ0v) is 17.1. The van der Waals surface area contributed by atoms with Crippen molar-refractivity contribution in [3.05, 3.63) is 58.6 Å². The Morgan fingerprint density at radius 3 is 2.65 bits per heavy atom. The first-order chi connectivity index (χ1) is 12.2. The quantitative estimate of drug-likeness (QED) is 0.697. The Balaban J connectivity index is 1.74. The van der Waals surface area contributed by atoms with Crippen molar-refractivity contribution in [2.24, 2.45) is 0 Å². The molecule has 26 heavy (non-hydrogen) atoms. The molecule has 0 saturated carbocycles. The Morgan fingerprint density at radius 2 is 1.96 bits per heavy atom. The summed E-state index contributed by atoms with van der Waals surface area (Å²) < 4.78 is 6.08. The van der Waals surface area contributed by atoms with Crippen LogP contribution in [0, 0.1) is 6.92 Å². The molecule has 1 aliphatic rings. The van der Waals surface area contributed by atoms with Gasteiger partial charge in [-0.25, -0.2) is 0 Å². The number of halogens is 1. The molecule has 1 aliphatic heterocycles. The van der Waals surface area contributed by atoms with E-state index in [1.807, 2.05) is 43.3 Å². The van der Waals surface area contributed by atoms with Crippen LogP contribution in [0.1, 0.15) is 44.4 Å². The number of benzene rings is 2. The lowest BCUT2D eigenvalue weighted by Gasteiger charge is -2.38. The molecule has 138 valence electrons. The van der Waals surface area contributed by atoms with Crippen LogP contribution in [0.15, 0.2) is 47.4 Å². The van der Waals surface area contributed by atoms with E-state index in [1.165, 1.54) is 11.8 Å². The maximum Gasteiger partial charge on any atom is 0.233 e. The predicted octanol–water partition coefficient (Wildman–Crippen LogP) is 5.55. The Hall–Kier alpha value is -1.65. The Bertz CT molecular complexity index is 804. The molecule has 1 amide bonds. The SMILES string of the molecule is Cc1ccc2c(c1)[C@H](NC(=O)[C@H](C)Sc1ccc(Cl)cc1)CC(C)(C)O2. The molecule has 5 heteroatoms. The summed E-state index contributed by atoms with van der Waals surface area (Å²) in [7, 11) is 0. The lowest BCUT2D eigenvalue weighted by atomic mass is 9.89. The highest BCUT2D eigenvalue weighted by Crippen LogP contribution is 2.40. The molecule has 0 aliphatic carbocycles. The molecule has 0 spiro atoms. The van der Waals surface area contributed by atoms with Crippen molar-refractivity contribution in [2.45, 2.75) is 55.9 Å². The third-order valence-corrected chi connectivity index (χ3v) is 5.80. The van der Waals surface area contributed by atoms with E-state index >= 15 is 0 Å². The van der Waals surface area contributed by atoms with Gasteiger partial charge < -0.3 is 10.1 Å². The van der Waals surface area contributed by atoms with Gasteiger partial charge in [-0.1, -0.05) is 29.3 Å². The summed E-state index contributed by atoms with van der Waals surface area (Å²) in [6.07, 6.45) is 0.744. The molecule has 3 rings (SSSR count). The molecule has 3 nitrogen and oxygen atoms in total. The minimum Gasteiger partial charge on any atom is -0.487 e. The number of hydrogen-bond acceptors (Lipinski definition) is 3. The first kappa shape index (κ1) is 19.1. The first-order valence-corrected chi connectivity index (χ1v) is 10.0. The van der Waals surface area contributed by atoms with E-state index in [-0.39, 0.29) is 22.8 Å². The van der Waals surface area contributed by atoms with Gasteiger partial charge in [-0.3, -0.25) is 4.79 Å². The molecule has 2 atom stereocenters. The summed E-state index contributed by atoms with van der Waals surface area (Å²) in [5, 5.41) is 3.72. The predicted molar refractivity (Wildman–Crippen MR) is 108 cm³/mol. The number of hydrogen-bond donors (Lipinski definition) is 1. The second-order valence-electron chi connectivity index (χ2n) is 7.38. The van der Waals surface area contributed by atoms with Gasteiger partial charge in [0.1, 0.15) is 11.4 Å². The number of thioether (sulfide) groups is 1. The number of ether oxygens (including phenoxy) is 1. The highest BCUT2D eigenvalue weighted by atomic mass is 35.5. The monoisotopic (exact) mass is 389 g/mol. The summed E-state index contributed by atoms with van der Waals surface area (Å²) in [6, 6.07) is 13.7. The van der Waals surface area contributed by atoms with Crippen molar-refractivity contribution >= 4 is 29.3 Å². The van der Waals surface area contributed by atoms with Crippen LogP contribution in [0.2, 0.25) is 5.02 Å². The number of aryl methyl sites for hydroxylation is 1. The maximum absolute atomic E-state index is 12.8. The minimum absolute atomic E-state index is 0.0279. The molecule has 0 fully saturated rings. The summed E-state index contributed by atoms with van der Waals surface area (Å²) in [4.78, 5) is 13.8. The van der Waals surface area contributed by atoms with Gasteiger partial charge in [0.25, 0.3) is 0 Å². The van der Waals surface area contributed by atoms with E-state index in [1.54, 1.807) is 0 Å². The molecule has 0 aromatic heterocycles. The average Bonchev–Trinajstić information content (AvgIpc) is 2.57. The standard InChI is InChI=1S/C21H24ClNO2S/c1-13-5-10-19-17(11-13)18(12-21(3,4)25-19)23-20(24)14(2)26-16-8-6-15(22)7-9-16/h5-11,14,18H,12H2,1-4H3,(H,23,24)/t14-,18+/m0/s1. The average molecular weight is 390 g/mol. The van der Waals surface area contributed by atoms with Crippen LogP contribution in [0.25, 0.3) is 0 Å². The van der Waals surface area contributed by atoms with E-state index in [2.05, 4.69) is 32.2 Å². The molecule has 2 aromatic carbocycles. The van der Waals surface area contributed by atoms with Crippen LogP contribution in [-0.2, 0) is 4.79 Å². The number of fused-ring (bicyclic) bond motifs is 1. The number of amides is 1. The largest absolute Gasteiger partial charge is 0.487 e. The number of rotatable bonds is 4. The molecular weight excluding hydrogens is 366 g/mol. The lowest BCUT2D eigenvalue weighted by Crippen LogP contribution is -2.43. The van der Waals surface area contributed by atoms with Gasteiger partial charge in [-0.2, -0.15) is 0 Å². The van der Waals surface area contributed by atoms with E-state index in [0.717, 1.165) is 28.2 Å². The van der Waals surface area contributed by atoms with Crippen LogP contribution >= 0.6 is 23.4 Å². The van der Waals surface area contributed by atoms with E-state index in [4.69, 9.17) is 16.3 Å². The summed E-state index contributed by atoms with van der Waals surface area (Å²) in [5.41, 5.74) is 1.91. The van der Waals surface area contributed by atoms with Crippen LogP contribution in [0.5, 0.6) is 5.75 Å². The summed E-state index contributed by atoms with van der Waals surface area (Å²) in [5.74, 6) is 0.885. The van der Waals surface area contributed by atoms with Crippen LogP contribution in [0.3, 0.4) is 0 Å². The van der Waals surface area contributed by atoms with Gasteiger partial charge in [-0.15, -0.1) is 11.8 Å². The number of carbonyl (C=O) groups excluding carboxylic acids is 1. The van der Waals surface area contributed by atoms with Gasteiger partial charge in [0.05, 0.1) is 11.3 Å². The highest BCUT2D eigenvalue weighted by molar-refractivity contribution is 8.00. The fraction of sp³-hybridized carbons (Fsp3) is 0.381. The van der Waals surface area contributed by atoms with Gasteiger partial charge >= 0.3 is 0 Å². The van der Waals surface area contributed by atoms with Gasteiger partial charge in [0, 0.05) is 21.9 Å². The topological polar surface area (TPSA) is 38.3 Å². The highest BCUT2D eigenvalue weighted by Gasteiger charge is 2.35. The number of nitrogens with one attached hydrogen (secondary N) is 1. The van der Waals surface area contributed by atoms with Crippen LogP contribution < -0.4 is 10.1 Å². The van der Waals surface area contributed by atoms with Crippen molar-refractivity contribution < 1.29 is 9.53 Å². The van der Waals surface area contributed by atoms with Crippen molar-refractivity contribution in [3.63, 3.8) is 0 Å². The maximum atomic E-state index is 12.8. The molecule has 2 aromatic rings. The zero-order valence-electron chi connectivity index (χ0n) is 15.5. The van der Waals surface area contributed by atoms with Gasteiger partial charge in [-0.05, 0) is 58.0 Å². The van der Waals surface area contributed by atoms with Crippen molar-refractivity contribution in [3.8, 4) is 5.75 Å². The molecular formula is C21H24ClNO2S. The molecule has 0 saturated heterocycles. The molecule has 1 N–H and O–H groups in total. The van der Waals surface area contributed by atoms with Gasteiger partial charge in [0.15, 0.2) is 0 Å². The minimum atomic E-state index is -0.313. The summed E-state index contributed by atoms with van der Waals surface area (Å²) in [6.45, 7) is 8.09. The molecule has 0 bridgehead atoms. The second-order valence-corrected chi connectivity index (χ2v) is 9.23. The molecule has 0 unspecified atom stereocenters. The normalized spacial score (nSPS) is 19.2. The summed E-state index contributed by atoms with van der Waals surface area (Å²) >= 11 is 7.46. The Kier molecular flexibility index (Phi) is 5.54. The zero-order chi connectivity index (χ0) is 18.9. The Labute approximate surface area is 164 Å². The van der Waals surface area contributed by atoms with Crippen molar-refractivity contribution in [1.82, 2.24) is 5.32 Å². The van der Waals surface area contributed by atoms with Crippen molar-refractivity contribution in [1.29, 1.82) is 0 Å². The van der Waals surface area contributed by atoms with E-state index in [9.17, 15) is 4.79 Å². The fourth-order valence-electron chi connectivity index (χ4n) is 3.16. The number of carbonyl (C=O) groups is 1. The Morgan fingerprint density at radius 1 is 1.27 bits per heavy atom. The van der Waals surface area contributed by atoms with Crippen LogP contribution in [0.4, 0.5) is 0 Å². The lowest BCUT2D eigenvalue weighted by molar-refractivity contribution is -0.121. The fourth-order valence-corrected chi connectivity index (χ4v) is 4.17.